The van der Waals surface area contributed by atoms with Crippen LogP contribution in [0.4, 0.5) is 0 Å². The van der Waals surface area contributed by atoms with E-state index >= 15 is 0 Å². The highest BCUT2D eigenvalue weighted by Crippen LogP contribution is 2.19. The van der Waals surface area contributed by atoms with Crippen molar-refractivity contribution in [1.82, 2.24) is 4.31 Å². The summed E-state index contributed by atoms with van der Waals surface area (Å²) in [6, 6.07) is 5.31. The molecule has 0 fully saturated rings. The summed E-state index contributed by atoms with van der Waals surface area (Å²) in [6.45, 7) is 4.39. The number of likely N-dealkylation sites (N-methyl/N-ethyl adjacent to an activating group) is 1. The molecule has 1 aromatic carbocycles. The molecule has 0 aliphatic carbocycles. The summed E-state index contributed by atoms with van der Waals surface area (Å²) in [6.07, 6.45) is 0. The van der Waals surface area contributed by atoms with Gasteiger partial charge in [0.2, 0.25) is 10.0 Å². The third kappa shape index (κ3) is 2.61. The average molecular weight is 242 g/mol. The van der Waals surface area contributed by atoms with Crippen LogP contribution in [-0.2, 0) is 10.0 Å². The molecule has 0 bridgehead atoms. The fourth-order valence-electron chi connectivity index (χ4n) is 1.56. The first-order chi connectivity index (χ1) is 7.39. The van der Waals surface area contributed by atoms with Gasteiger partial charge in [0, 0.05) is 20.1 Å². The van der Waals surface area contributed by atoms with E-state index in [1.807, 2.05) is 13.0 Å². The fourth-order valence-corrected chi connectivity index (χ4v) is 2.95. The number of hydrogen-bond acceptors (Lipinski definition) is 3. The predicted molar refractivity (Wildman–Crippen MR) is 64.8 cm³/mol. The number of benzene rings is 1. The Morgan fingerprint density at radius 2 is 1.94 bits per heavy atom. The number of hydrogen-bond donors (Lipinski definition) is 1. The van der Waals surface area contributed by atoms with Crippen molar-refractivity contribution in [2.45, 2.75) is 18.7 Å². The summed E-state index contributed by atoms with van der Waals surface area (Å²) in [4.78, 5) is 0.356. The van der Waals surface area contributed by atoms with Crippen molar-refractivity contribution in [2.24, 2.45) is 5.73 Å². The molecule has 90 valence electrons. The quantitative estimate of drug-likeness (QED) is 0.852. The summed E-state index contributed by atoms with van der Waals surface area (Å²) >= 11 is 0. The van der Waals surface area contributed by atoms with E-state index in [0.29, 0.717) is 18.0 Å². The van der Waals surface area contributed by atoms with Gasteiger partial charge in [0.05, 0.1) is 4.90 Å². The van der Waals surface area contributed by atoms with E-state index in [4.69, 9.17) is 5.73 Å². The van der Waals surface area contributed by atoms with Crippen LogP contribution in [0.15, 0.2) is 23.1 Å². The molecular weight excluding hydrogens is 224 g/mol. The number of nitrogens with zero attached hydrogens (tertiary/aromatic N) is 1. The molecule has 2 N–H and O–H groups in total. The van der Waals surface area contributed by atoms with Gasteiger partial charge in [-0.3, -0.25) is 0 Å². The summed E-state index contributed by atoms with van der Waals surface area (Å²) in [5.41, 5.74) is 7.18. The van der Waals surface area contributed by atoms with Crippen LogP contribution in [0.25, 0.3) is 0 Å². The van der Waals surface area contributed by atoms with E-state index < -0.39 is 10.0 Å². The van der Waals surface area contributed by atoms with Crippen LogP contribution in [-0.4, -0.2) is 32.9 Å². The second-order valence-corrected chi connectivity index (χ2v) is 5.90. The molecule has 5 heteroatoms. The number of rotatable bonds is 4. The Kier molecular flexibility index (Phi) is 4.07. The summed E-state index contributed by atoms with van der Waals surface area (Å²) in [7, 11) is -1.85. The molecule has 1 aromatic rings. The molecule has 0 aromatic heterocycles. The molecule has 0 amide bonds. The molecule has 0 aliphatic rings. The Morgan fingerprint density at radius 3 is 2.44 bits per heavy atom. The van der Waals surface area contributed by atoms with Crippen LogP contribution in [0, 0.1) is 13.8 Å². The maximum absolute atomic E-state index is 12.1. The Morgan fingerprint density at radius 1 is 1.31 bits per heavy atom. The van der Waals surface area contributed by atoms with E-state index in [0.717, 1.165) is 11.1 Å². The molecule has 0 radical (unpaired) electrons. The zero-order valence-electron chi connectivity index (χ0n) is 9.90. The van der Waals surface area contributed by atoms with E-state index in [1.165, 1.54) is 4.31 Å². The van der Waals surface area contributed by atoms with Gasteiger partial charge in [-0.25, -0.2) is 8.42 Å². The third-order valence-corrected chi connectivity index (χ3v) is 4.48. The van der Waals surface area contributed by atoms with Crippen LogP contribution in [0.3, 0.4) is 0 Å². The molecule has 0 atom stereocenters. The minimum absolute atomic E-state index is 0.320. The first-order valence-electron chi connectivity index (χ1n) is 5.13. The van der Waals surface area contributed by atoms with Crippen LogP contribution < -0.4 is 5.73 Å². The Balaban J connectivity index is 3.17. The van der Waals surface area contributed by atoms with Gasteiger partial charge < -0.3 is 5.73 Å². The lowest BCUT2D eigenvalue weighted by atomic mass is 10.2. The van der Waals surface area contributed by atoms with Crippen molar-refractivity contribution in [3.63, 3.8) is 0 Å². The Labute approximate surface area is 97.1 Å². The van der Waals surface area contributed by atoms with Gasteiger partial charge in [0.25, 0.3) is 0 Å². The zero-order valence-corrected chi connectivity index (χ0v) is 10.7. The number of aryl methyl sites for hydroxylation is 2. The van der Waals surface area contributed by atoms with Crippen molar-refractivity contribution in [1.29, 1.82) is 0 Å². The van der Waals surface area contributed by atoms with Crippen molar-refractivity contribution >= 4 is 10.0 Å². The fraction of sp³-hybridized carbons (Fsp3) is 0.455. The third-order valence-electron chi connectivity index (χ3n) is 2.46. The van der Waals surface area contributed by atoms with E-state index in [9.17, 15) is 8.42 Å². The van der Waals surface area contributed by atoms with Crippen molar-refractivity contribution < 1.29 is 8.42 Å². The molecule has 16 heavy (non-hydrogen) atoms. The van der Waals surface area contributed by atoms with Crippen molar-refractivity contribution in [3.8, 4) is 0 Å². The summed E-state index contributed by atoms with van der Waals surface area (Å²) < 4.78 is 25.5. The lowest BCUT2D eigenvalue weighted by Crippen LogP contribution is -2.32. The minimum Gasteiger partial charge on any atom is -0.329 e. The second kappa shape index (κ2) is 4.95. The molecule has 0 aliphatic heterocycles. The maximum atomic E-state index is 12.1. The molecule has 0 spiro atoms. The predicted octanol–water partition coefficient (Wildman–Crippen LogP) is 0.883. The molecule has 0 saturated heterocycles. The topological polar surface area (TPSA) is 63.4 Å². The Hall–Kier alpha value is -0.910. The zero-order chi connectivity index (χ0) is 12.3. The molecule has 0 saturated carbocycles. The molecule has 0 unspecified atom stereocenters. The van der Waals surface area contributed by atoms with Crippen LogP contribution >= 0.6 is 0 Å². The smallest absolute Gasteiger partial charge is 0.243 e. The van der Waals surface area contributed by atoms with E-state index in [-0.39, 0.29) is 0 Å². The van der Waals surface area contributed by atoms with E-state index in [1.54, 1.807) is 26.1 Å². The van der Waals surface area contributed by atoms with E-state index in [2.05, 4.69) is 0 Å². The Bertz CT molecular complexity index is 469. The highest BCUT2D eigenvalue weighted by molar-refractivity contribution is 7.89. The average Bonchev–Trinajstić information content (AvgIpc) is 2.17. The standard InChI is InChI=1S/C11H18N2O2S/c1-9-4-5-11(10(2)8-9)16(14,15)13(3)7-6-12/h4-5,8H,6-7,12H2,1-3H3. The highest BCUT2D eigenvalue weighted by Gasteiger charge is 2.21. The summed E-state index contributed by atoms with van der Waals surface area (Å²) in [5.74, 6) is 0. The minimum atomic E-state index is -3.40. The lowest BCUT2D eigenvalue weighted by Gasteiger charge is -2.17. The van der Waals surface area contributed by atoms with Crippen LogP contribution in [0.5, 0.6) is 0 Å². The first-order valence-corrected chi connectivity index (χ1v) is 6.57. The van der Waals surface area contributed by atoms with Gasteiger partial charge in [-0.1, -0.05) is 17.7 Å². The summed E-state index contributed by atoms with van der Waals surface area (Å²) in [5, 5.41) is 0. The van der Waals surface area contributed by atoms with Crippen molar-refractivity contribution in [2.75, 3.05) is 20.1 Å². The molecule has 4 nitrogen and oxygen atoms in total. The van der Waals surface area contributed by atoms with Gasteiger partial charge >= 0.3 is 0 Å². The van der Waals surface area contributed by atoms with Gasteiger partial charge in [-0.2, -0.15) is 4.31 Å². The van der Waals surface area contributed by atoms with Gasteiger partial charge in [-0.05, 0) is 25.5 Å². The van der Waals surface area contributed by atoms with Gasteiger partial charge in [-0.15, -0.1) is 0 Å². The SMILES string of the molecule is Cc1ccc(S(=O)(=O)N(C)CCN)c(C)c1. The monoisotopic (exact) mass is 242 g/mol. The maximum Gasteiger partial charge on any atom is 0.243 e. The molecule has 0 heterocycles. The first kappa shape index (κ1) is 13.2. The highest BCUT2D eigenvalue weighted by atomic mass is 32.2. The normalized spacial score (nSPS) is 12.1. The van der Waals surface area contributed by atoms with Crippen molar-refractivity contribution in [3.05, 3.63) is 29.3 Å². The largest absolute Gasteiger partial charge is 0.329 e. The van der Waals surface area contributed by atoms with Crippen LogP contribution in [0.2, 0.25) is 0 Å². The van der Waals surface area contributed by atoms with Gasteiger partial charge in [0.15, 0.2) is 0 Å². The lowest BCUT2D eigenvalue weighted by molar-refractivity contribution is 0.476. The second-order valence-electron chi connectivity index (χ2n) is 3.88. The van der Waals surface area contributed by atoms with Crippen LogP contribution in [0.1, 0.15) is 11.1 Å². The number of sulfonamides is 1. The molecular formula is C11H18N2O2S. The molecule has 1 rings (SSSR count). The number of nitrogens with two attached hydrogens (primary N) is 1. The van der Waals surface area contributed by atoms with Gasteiger partial charge in [0.1, 0.15) is 0 Å².